The van der Waals surface area contributed by atoms with Gasteiger partial charge in [-0.1, -0.05) is 6.92 Å². The minimum atomic E-state index is -3.54. The van der Waals surface area contributed by atoms with Gasteiger partial charge in [0.1, 0.15) is 12.2 Å². The third-order valence-electron chi connectivity index (χ3n) is 2.66. The van der Waals surface area contributed by atoms with Crippen molar-refractivity contribution >= 4 is 10.0 Å². The van der Waals surface area contributed by atoms with E-state index in [1.165, 1.54) is 12.5 Å². The van der Waals surface area contributed by atoms with Crippen LogP contribution in [-0.4, -0.2) is 35.1 Å². The minimum absolute atomic E-state index is 0.0803. The molecule has 0 aliphatic carbocycles. The minimum Gasteiger partial charge on any atom is -0.363 e. The van der Waals surface area contributed by atoms with E-state index in [9.17, 15) is 8.42 Å². The second-order valence-electron chi connectivity index (χ2n) is 4.29. The third-order valence-corrected chi connectivity index (χ3v) is 4.04. The van der Waals surface area contributed by atoms with Crippen LogP contribution in [0, 0.1) is 0 Å². The second-order valence-corrected chi connectivity index (χ2v) is 6.06. The molecular formula is C11H18N6O2S. The van der Waals surface area contributed by atoms with Gasteiger partial charge in [-0.2, -0.15) is 5.10 Å². The first kappa shape index (κ1) is 14.7. The zero-order valence-corrected chi connectivity index (χ0v) is 12.0. The lowest BCUT2D eigenvalue weighted by molar-refractivity contribution is 0.579. The summed E-state index contributed by atoms with van der Waals surface area (Å²) in [5, 5.41) is 9.45. The Morgan fingerprint density at radius 3 is 2.90 bits per heavy atom. The molecule has 110 valence electrons. The summed E-state index contributed by atoms with van der Waals surface area (Å²) in [6.45, 7) is 3.66. The number of nitrogens with one attached hydrogen (secondary N) is 4. The van der Waals surface area contributed by atoms with Gasteiger partial charge in [0.2, 0.25) is 10.0 Å². The maximum atomic E-state index is 12.1. The van der Waals surface area contributed by atoms with Gasteiger partial charge in [-0.15, -0.1) is 0 Å². The summed E-state index contributed by atoms with van der Waals surface area (Å²) in [5.41, 5.74) is 0.832. The van der Waals surface area contributed by atoms with E-state index in [-0.39, 0.29) is 11.4 Å². The van der Waals surface area contributed by atoms with Crippen molar-refractivity contribution in [3.05, 3.63) is 30.1 Å². The molecule has 2 aromatic heterocycles. The van der Waals surface area contributed by atoms with E-state index in [2.05, 4.69) is 37.1 Å². The SMILES string of the molecule is CCCNCc1cc(S(=O)(=O)NCc2ncn[nH]2)c[nH]1. The van der Waals surface area contributed by atoms with Gasteiger partial charge >= 0.3 is 0 Å². The van der Waals surface area contributed by atoms with Crippen molar-refractivity contribution in [3.8, 4) is 0 Å². The molecule has 9 heteroatoms. The lowest BCUT2D eigenvalue weighted by atomic mass is 10.4. The molecule has 0 saturated carbocycles. The first-order valence-corrected chi connectivity index (χ1v) is 7.82. The molecule has 20 heavy (non-hydrogen) atoms. The van der Waals surface area contributed by atoms with E-state index in [4.69, 9.17) is 0 Å². The van der Waals surface area contributed by atoms with Crippen LogP contribution in [0.1, 0.15) is 24.9 Å². The summed E-state index contributed by atoms with van der Waals surface area (Å²) in [7, 11) is -3.54. The molecule has 2 heterocycles. The lowest BCUT2D eigenvalue weighted by Crippen LogP contribution is -2.23. The highest BCUT2D eigenvalue weighted by molar-refractivity contribution is 7.89. The van der Waals surface area contributed by atoms with E-state index in [0.29, 0.717) is 12.4 Å². The quantitative estimate of drug-likeness (QED) is 0.516. The third kappa shape index (κ3) is 3.89. The highest BCUT2D eigenvalue weighted by Crippen LogP contribution is 2.10. The van der Waals surface area contributed by atoms with Gasteiger partial charge in [-0.25, -0.2) is 18.1 Å². The number of hydrogen-bond donors (Lipinski definition) is 4. The first-order valence-electron chi connectivity index (χ1n) is 6.33. The van der Waals surface area contributed by atoms with Crippen LogP contribution in [-0.2, 0) is 23.1 Å². The van der Waals surface area contributed by atoms with Crippen molar-refractivity contribution < 1.29 is 8.42 Å². The van der Waals surface area contributed by atoms with E-state index in [0.717, 1.165) is 18.7 Å². The molecule has 2 aromatic rings. The van der Waals surface area contributed by atoms with Crippen molar-refractivity contribution in [3.63, 3.8) is 0 Å². The van der Waals surface area contributed by atoms with Crippen molar-refractivity contribution in [2.75, 3.05) is 6.54 Å². The largest absolute Gasteiger partial charge is 0.363 e. The summed E-state index contributed by atoms with van der Waals surface area (Å²) >= 11 is 0. The molecule has 0 aromatic carbocycles. The number of H-pyrrole nitrogens is 2. The molecule has 0 aliphatic heterocycles. The van der Waals surface area contributed by atoms with Crippen LogP contribution in [0.4, 0.5) is 0 Å². The molecular weight excluding hydrogens is 280 g/mol. The Hall–Kier alpha value is -1.71. The Morgan fingerprint density at radius 2 is 2.20 bits per heavy atom. The Balaban J connectivity index is 1.95. The fourth-order valence-corrected chi connectivity index (χ4v) is 2.64. The maximum Gasteiger partial charge on any atom is 0.242 e. The molecule has 0 fully saturated rings. The molecule has 2 rings (SSSR count). The molecule has 0 bridgehead atoms. The second kappa shape index (κ2) is 6.64. The predicted molar refractivity (Wildman–Crippen MR) is 73.2 cm³/mol. The van der Waals surface area contributed by atoms with E-state index in [1.807, 2.05) is 0 Å². The Morgan fingerprint density at radius 1 is 1.35 bits per heavy atom. The normalized spacial score (nSPS) is 11.8. The van der Waals surface area contributed by atoms with E-state index in [1.54, 1.807) is 6.07 Å². The van der Waals surface area contributed by atoms with Gasteiger partial charge < -0.3 is 10.3 Å². The Kier molecular flexibility index (Phi) is 4.88. The highest BCUT2D eigenvalue weighted by atomic mass is 32.2. The van der Waals surface area contributed by atoms with Gasteiger partial charge in [0.25, 0.3) is 0 Å². The van der Waals surface area contributed by atoms with Crippen molar-refractivity contribution in [1.29, 1.82) is 0 Å². The molecule has 0 spiro atoms. The van der Waals surface area contributed by atoms with Crippen LogP contribution in [0.25, 0.3) is 0 Å². The summed E-state index contributed by atoms with van der Waals surface area (Å²) < 4.78 is 26.6. The van der Waals surface area contributed by atoms with E-state index >= 15 is 0 Å². The molecule has 0 aliphatic rings. The fourth-order valence-electron chi connectivity index (χ4n) is 1.64. The fraction of sp³-hybridized carbons (Fsp3) is 0.455. The summed E-state index contributed by atoms with van der Waals surface area (Å²) in [4.78, 5) is 7.02. The number of hydrogen-bond acceptors (Lipinski definition) is 5. The summed E-state index contributed by atoms with van der Waals surface area (Å²) in [6, 6.07) is 1.62. The topological polar surface area (TPSA) is 116 Å². The monoisotopic (exact) mass is 298 g/mol. The molecule has 0 unspecified atom stereocenters. The predicted octanol–water partition coefficient (Wildman–Crippen LogP) is 0.111. The van der Waals surface area contributed by atoms with Gasteiger partial charge in [-0.3, -0.25) is 5.10 Å². The lowest BCUT2D eigenvalue weighted by Gasteiger charge is -2.02. The number of nitrogens with zero attached hydrogens (tertiary/aromatic N) is 2. The average Bonchev–Trinajstić information content (AvgIpc) is 3.08. The Bertz CT molecular complexity index is 619. The zero-order valence-electron chi connectivity index (χ0n) is 11.2. The number of aromatic nitrogens is 4. The maximum absolute atomic E-state index is 12.1. The van der Waals surface area contributed by atoms with Crippen LogP contribution in [0.15, 0.2) is 23.5 Å². The molecule has 0 saturated heterocycles. The summed E-state index contributed by atoms with van der Waals surface area (Å²) in [5.74, 6) is 0.467. The van der Waals surface area contributed by atoms with Crippen LogP contribution in [0.3, 0.4) is 0 Å². The van der Waals surface area contributed by atoms with Crippen molar-refractivity contribution in [2.45, 2.75) is 31.3 Å². The molecule has 0 amide bonds. The Labute approximate surface area is 117 Å². The smallest absolute Gasteiger partial charge is 0.242 e. The van der Waals surface area contributed by atoms with Crippen LogP contribution in [0.5, 0.6) is 0 Å². The highest BCUT2D eigenvalue weighted by Gasteiger charge is 2.16. The molecule has 0 atom stereocenters. The van der Waals surface area contributed by atoms with E-state index < -0.39 is 10.0 Å². The first-order chi connectivity index (χ1) is 9.62. The van der Waals surface area contributed by atoms with Crippen molar-refractivity contribution in [2.24, 2.45) is 0 Å². The van der Waals surface area contributed by atoms with Crippen LogP contribution < -0.4 is 10.0 Å². The number of aromatic amines is 2. The van der Waals surface area contributed by atoms with Crippen LogP contribution in [0.2, 0.25) is 0 Å². The standard InChI is InChI=1S/C11H18N6O2S/c1-2-3-12-5-9-4-10(6-13-9)20(18,19)16-7-11-14-8-15-17-11/h4,6,8,12-13,16H,2-3,5,7H2,1H3,(H,14,15,17). The molecule has 4 N–H and O–H groups in total. The van der Waals surface area contributed by atoms with Crippen molar-refractivity contribution in [1.82, 2.24) is 30.2 Å². The number of sulfonamides is 1. The molecule has 8 nitrogen and oxygen atoms in total. The van der Waals surface area contributed by atoms with Gasteiger partial charge in [0, 0.05) is 18.4 Å². The van der Waals surface area contributed by atoms with Gasteiger partial charge in [-0.05, 0) is 19.0 Å². The number of rotatable bonds is 8. The summed E-state index contributed by atoms with van der Waals surface area (Å²) in [6.07, 6.45) is 3.84. The zero-order chi connectivity index (χ0) is 14.4. The van der Waals surface area contributed by atoms with Crippen LogP contribution >= 0.6 is 0 Å². The van der Waals surface area contributed by atoms with Gasteiger partial charge in [0.15, 0.2) is 0 Å². The van der Waals surface area contributed by atoms with Gasteiger partial charge in [0.05, 0.1) is 11.4 Å². The average molecular weight is 298 g/mol. The molecule has 0 radical (unpaired) electrons.